The van der Waals surface area contributed by atoms with Crippen LogP contribution in [0.1, 0.15) is 47.7 Å². The molecule has 0 saturated carbocycles. The van der Waals surface area contributed by atoms with E-state index in [4.69, 9.17) is 11.2 Å². The molecule has 1 saturated heterocycles. The van der Waals surface area contributed by atoms with E-state index in [1.807, 2.05) is 18.2 Å². The molecule has 3 heteroatoms. The number of morpholine rings is 1. The van der Waals surface area contributed by atoms with Crippen molar-refractivity contribution in [2.75, 3.05) is 26.3 Å². The number of hydrogen-bond donors (Lipinski definition) is 0. The van der Waals surface area contributed by atoms with Crippen LogP contribution in [0.3, 0.4) is 0 Å². The van der Waals surface area contributed by atoms with E-state index >= 15 is 0 Å². The van der Waals surface area contributed by atoms with Gasteiger partial charge in [0, 0.05) is 30.3 Å². The average molecular weight is 349 g/mol. The second-order valence-corrected chi connectivity index (χ2v) is 6.97. The number of rotatable bonds is 7. The summed E-state index contributed by atoms with van der Waals surface area (Å²) in [5.41, 5.74) is 2.60. The minimum Gasteiger partial charge on any atom is -0.379 e. The van der Waals surface area contributed by atoms with Crippen molar-refractivity contribution in [3.8, 4) is 12.3 Å². The number of benzene rings is 2. The van der Waals surface area contributed by atoms with E-state index in [0.29, 0.717) is 17.2 Å². The average Bonchev–Trinajstić information content (AvgIpc) is 2.70. The van der Waals surface area contributed by atoms with Gasteiger partial charge in [-0.1, -0.05) is 43.5 Å². The summed E-state index contributed by atoms with van der Waals surface area (Å²) in [4.78, 5) is 14.0. The minimum atomic E-state index is 0.619. The van der Waals surface area contributed by atoms with Crippen LogP contribution >= 0.6 is 0 Å². The number of carbonyl (C=O) groups is 1. The van der Waals surface area contributed by atoms with Crippen molar-refractivity contribution in [2.24, 2.45) is 0 Å². The molecule has 1 aliphatic heterocycles. The lowest BCUT2D eigenvalue weighted by Crippen LogP contribution is -2.43. The molecular weight excluding hydrogens is 322 g/mol. The van der Waals surface area contributed by atoms with Crippen molar-refractivity contribution in [3.05, 3.63) is 47.0 Å². The van der Waals surface area contributed by atoms with E-state index in [1.54, 1.807) is 0 Å². The molecule has 3 nitrogen and oxygen atoms in total. The lowest BCUT2D eigenvalue weighted by atomic mass is 9.95. The van der Waals surface area contributed by atoms with Crippen molar-refractivity contribution in [1.82, 2.24) is 4.90 Å². The molecule has 26 heavy (non-hydrogen) atoms. The number of aryl methyl sites for hydroxylation is 1. The van der Waals surface area contributed by atoms with Crippen LogP contribution in [0.2, 0.25) is 0 Å². The molecule has 0 N–H and O–H groups in total. The van der Waals surface area contributed by atoms with E-state index in [-0.39, 0.29) is 0 Å². The van der Waals surface area contributed by atoms with Crippen LogP contribution in [0, 0.1) is 12.3 Å². The fourth-order valence-corrected chi connectivity index (χ4v) is 3.93. The number of nitrogens with zero attached hydrogens (tertiary/aromatic N) is 1. The van der Waals surface area contributed by atoms with Gasteiger partial charge >= 0.3 is 0 Å². The number of carbonyl (C=O) groups excluding carboxylic acids is 1. The van der Waals surface area contributed by atoms with Gasteiger partial charge in [0.25, 0.3) is 0 Å². The quantitative estimate of drug-likeness (QED) is 0.557. The Labute approximate surface area is 156 Å². The first-order chi connectivity index (χ1) is 12.8. The zero-order chi connectivity index (χ0) is 18.4. The van der Waals surface area contributed by atoms with E-state index < -0.39 is 0 Å². The second-order valence-electron chi connectivity index (χ2n) is 6.97. The topological polar surface area (TPSA) is 29.5 Å². The van der Waals surface area contributed by atoms with Gasteiger partial charge in [-0.15, -0.1) is 6.42 Å². The molecule has 1 atom stereocenters. The van der Waals surface area contributed by atoms with Gasteiger partial charge in [-0.2, -0.15) is 0 Å². The second kappa shape index (κ2) is 8.98. The highest BCUT2D eigenvalue weighted by atomic mass is 16.5. The van der Waals surface area contributed by atoms with Gasteiger partial charge in [-0.3, -0.25) is 9.69 Å². The fourth-order valence-electron chi connectivity index (χ4n) is 3.93. The van der Waals surface area contributed by atoms with Gasteiger partial charge < -0.3 is 4.74 Å². The molecule has 0 aliphatic carbocycles. The summed E-state index contributed by atoms with van der Waals surface area (Å²) >= 11 is 0. The highest BCUT2D eigenvalue weighted by Crippen LogP contribution is 2.24. The van der Waals surface area contributed by atoms with E-state index in [0.717, 1.165) is 56.2 Å². The van der Waals surface area contributed by atoms with Gasteiger partial charge in [-0.05, 0) is 41.7 Å². The zero-order valence-electron chi connectivity index (χ0n) is 15.5. The summed E-state index contributed by atoms with van der Waals surface area (Å²) < 4.78 is 5.50. The summed E-state index contributed by atoms with van der Waals surface area (Å²) in [6.45, 7) is 6.04. The van der Waals surface area contributed by atoms with Crippen LogP contribution in [-0.2, 0) is 11.2 Å². The fraction of sp³-hybridized carbons (Fsp3) is 0.435. The molecule has 2 aromatic rings. The van der Waals surface area contributed by atoms with Crippen LogP contribution < -0.4 is 0 Å². The molecule has 0 spiro atoms. The maximum atomic E-state index is 11.4. The predicted molar refractivity (Wildman–Crippen MR) is 107 cm³/mol. The molecule has 0 aromatic heterocycles. The Morgan fingerprint density at radius 1 is 1.23 bits per heavy atom. The SMILES string of the molecule is C#Cc1ccc2cc(CCC(CCC)N3CCOCC3)ccc2c1C=O. The van der Waals surface area contributed by atoms with Crippen LogP contribution in [0.15, 0.2) is 30.3 Å². The predicted octanol–water partition coefficient (Wildman–Crippen LogP) is 4.07. The first kappa shape index (κ1) is 18.6. The Hall–Kier alpha value is -2.15. The number of terminal acetylenes is 1. The molecule has 1 fully saturated rings. The monoisotopic (exact) mass is 349 g/mol. The first-order valence-electron chi connectivity index (χ1n) is 9.56. The van der Waals surface area contributed by atoms with Gasteiger partial charge in [0.05, 0.1) is 13.2 Å². The van der Waals surface area contributed by atoms with Crippen molar-refractivity contribution in [3.63, 3.8) is 0 Å². The molecule has 0 radical (unpaired) electrons. The summed E-state index contributed by atoms with van der Waals surface area (Å²) in [5.74, 6) is 2.60. The summed E-state index contributed by atoms with van der Waals surface area (Å²) in [5, 5.41) is 2.03. The van der Waals surface area contributed by atoms with Gasteiger partial charge in [0.15, 0.2) is 6.29 Å². The van der Waals surface area contributed by atoms with E-state index in [2.05, 4.69) is 29.9 Å². The third-order valence-corrected chi connectivity index (χ3v) is 5.35. The third kappa shape index (κ3) is 4.15. The van der Waals surface area contributed by atoms with Crippen molar-refractivity contribution < 1.29 is 9.53 Å². The van der Waals surface area contributed by atoms with E-state index in [9.17, 15) is 4.79 Å². The number of ether oxygens (including phenoxy) is 1. The zero-order valence-corrected chi connectivity index (χ0v) is 15.5. The van der Waals surface area contributed by atoms with Crippen molar-refractivity contribution in [1.29, 1.82) is 0 Å². The summed E-state index contributed by atoms with van der Waals surface area (Å²) in [7, 11) is 0. The Balaban J connectivity index is 1.75. The smallest absolute Gasteiger partial charge is 0.151 e. The Morgan fingerprint density at radius 3 is 2.73 bits per heavy atom. The normalized spacial score (nSPS) is 16.3. The first-order valence-corrected chi connectivity index (χ1v) is 9.56. The molecule has 1 aliphatic rings. The van der Waals surface area contributed by atoms with E-state index in [1.165, 1.54) is 18.4 Å². The summed E-state index contributed by atoms with van der Waals surface area (Å²) in [6.07, 6.45) is 11.0. The molecule has 0 bridgehead atoms. The maximum absolute atomic E-state index is 11.4. The highest BCUT2D eigenvalue weighted by molar-refractivity contribution is 6.00. The van der Waals surface area contributed by atoms with Crippen molar-refractivity contribution >= 4 is 17.1 Å². The molecule has 1 unspecified atom stereocenters. The summed E-state index contributed by atoms with van der Waals surface area (Å²) in [6, 6.07) is 10.9. The lowest BCUT2D eigenvalue weighted by molar-refractivity contribution is 0.0128. The Kier molecular flexibility index (Phi) is 6.44. The Morgan fingerprint density at radius 2 is 2.04 bits per heavy atom. The van der Waals surface area contributed by atoms with Crippen LogP contribution in [0.4, 0.5) is 0 Å². The number of fused-ring (bicyclic) bond motifs is 1. The molecule has 136 valence electrons. The third-order valence-electron chi connectivity index (χ3n) is 5.35. The van der Waals surface area contributed by atoms with Gasteiger partial charge in [0.1, 0.15) is 0 Å². The molecule has 2 aromatic carbocycles. The van der Waals surface area contributed by atoms with Gasteiger partial charge in [-0.25, -0.2) is 0 Å². The molecular formula is C23H27NO2. The number of hydrogen-bond acceptors (Lipinski definition) is 3. The van der Waals surface area contributed by atoms with Crippen molar-refractivity contribution in [2.45, 2.75) is 38.6 Å². The molecule has 3 rings (SSSR count). The highest BCUT2D eigenvalue weighted by Gasteiger charge is 2.20. The van der Waals surface area contributed by atoms with Crippen LogP contribution in [0.5, 0.6) is 0 Å². The lowest BCUT2D eigenvalue weighted by Gasteiger charge is -2.34. The Bertz CT molecular complexity index is 800. The van der Waals surface area contributed by atoms with Crippen LogP contribution in [0.25, 0.3) is 10.8 Å². The van der Waals surface area contributed by atoms with Crippen LogP contribution in [-0.4, -0.2) is 43.5 Å². The number of aldehydes is 1. The molecule has 0 amide bonds. The minimum absolute atomic E-state index is 0.619. The van der Waals surface area contributed by atoms with Gasteiger partial charge in [0.2, 0.25) is 0 Å². The maximum Gasteiger partial charge on any atom is 0.151 e. The standard InChI is InChI=1S/C23H27NO2/c1-3-5-21(24-12-14-26-15-13-24)10-6-18-7-11-22-20(16-18)9-8-19(4-2)23(22)17-25/h2,7-9,11,16-17,21H,3,5-6,10,12-15H2,1H3. The largest absolute Gasteiger partial charge is 0.379 e. The molecule has 1 heterocycles.